The van der Waals surface area contributed by atoms with Gasteiger partial charge in [-0.1, -0.05) is 6.07 Å². The highest BCUT2D eigenvalue weighted by atomic mass is 35.5. The minimum absolute atomic E-state index is 0. The first kappa shape index (κ1) is 13.2. The molecule has 1 N–H and O–H groups in total. The summed E-state index contributed by atoms with van der Waals surface area (Å²) in [6.07, 6.45) is 0. The number of ether oxygens (including phenoxy) is 1. The molecule has 0 heterocycles. The van der Waals surface area contributed by atoms with E-state index >= 15 is 0 Å². The number of hydrogen-bond acceptors (Lipinski definition) is 2. The van der Waals surface area contributed by atoms with Crippen LogP contribution in [-0.4, -0.2) is 14.2 Å². The smallest absolute Gasteiger partial charge is 0.165 e. The van der Waals surface area contributed by atoms with E-state index in [4.69, 9.17) is 4.74 Å². The maximum atomic E-state index is 13.2. The number of hydrogen-bond donors (Lipinski definition) is 1. The molecule has 0 bridgehead atoms. The van der Waals surface area contributed by atoms with Crippen LogP contribution < -0.4 is 10.1 Å². The Balaban J connectivity index is 0.00000169. The van der Waals surface area contributed by atoms with Crippen molar-refractivity contribution in [3.05, 3.63) is 29.6 Å². The van der Waals surface area contributed by atoms with Crippen molar-refractivity contribution in [2.45, 2.75) is 13.0 Å². The van der Waals surface area contributed by atoms with Crippen LogP contribution >= 0.6 is 12.4 Å². The largest absolute Gasteiger partial charge is 0.494 e. The fourth-order valence-electron chi connectivity index (χ4n) is 1.12. The Labute approximate surface area is 89.9 Å². The number of benzene rings is 1. The summed E-state index contributed by atoms with van der Waals surface area (Å²) in [7, 11) is 3.30. The van der Waals surface area contributed by atoms with Crippen LogP contribution in [0.2, 0.25) is 0 Å². The molecule has 0 spiro atoms. The molecule has 2 nitrogen and oxygen atoms in total. The molecular weight excluding hydrogens is 205 g/mol. The fourth-order valence-corrected chi connectivity index (χ4v) is 1.12. The van der Waals surface area contributed by atoms with Gasteiger partial charge in [0.1, 0.15) is 0 Å². The van der Waals surface area contributed by atoms with Gasteiger partial charge in [0.15, 0.2) is 11.6 Å². The molecule has 14 heavy (non-hydrogen) atoms. The van der Waals surface area contributed by atoms with Crippen molar-refractivity contribution in [3.63, 3.8) is 0 Å². The molecule has 1 aromatic carbocycles. The molecule has 0 aliphatic heterocycles. The van der Waals surface area contributed by atoms with Gasteiger partial charge < -0.3 is 10.1 Å². The first-order valence-corrected chi connectivity index (χ1v) is 4.19. The summed E-state index contributed by atoms with van der Waals surface area (Å²) >= 11 is 0. The molecule has 0 aliphatic rings. The quantitative estimate of drug-likeness (QED) is 0.844. The van der Waals surface area contributed by atoms with Crippen LogP contribution in [0, 0.1) is 5.82 Å². The van der Waals surface area contributed by atoms with Crippen LogP contribution in [0.25, 0.3) is 0 Å². The number of rotatable bonds is 3. The molecule has 0 aromatic heterocycles. The van der Waals surface area contributed by atoms with E-state index in [9.17, 15) is 4.39 Å². The second-order valence-electron chi connectivity index (χ2n) is 2.90. The average Bonchev–Trinajstić information content (AvgIpc) is 2.16. The van der Waals surface area contributed by atoms with E-state index in [1.165, 1.54) is 13.2 Å². The summed E-state index contributed by atoms with van der Waals surface area (Å²) in [5.74, 6) is -0.0332. The highest BCUT2D eigenvalue weighted by Gasteiger charge is 2.07. The molecule has 4 heteroatoms. The molecule has 1 aromatic rings. The lowest BCUT2D eigenvalue weighted by atomic mass is 10.1. The van der Waals surface area contributed by atoms with Crippen LogP contribution in [-0.2, 0) is 0 Å². The average molecular weight is 220 g/mol. The zero-order chi connectivity index (χ0) is 9.84. The normalized spacial score (nSPS) is 11.7. The lowest BCUT2D eigenvalue weighted by molar-refractivity contribution is 0.385. The Kier molecular flexibility index (Phi) is 5.50. The lowest BCUT2D eigenvalue weighted by Crippen LogP contribution is -2.12. The Hall–Kier alpha value is -0.800. The minimum atomic E-state index is -0.317. The van der Waals surface area contributed by atoms with E-state index in [2.05, 4.69) is 5.32 Å². The highest BCUT2D eigenvalue weighted by molar-refractivity contribution is 5.85. The first-order chi connectivity index (χ1) is 6.19. The molecule has 1 rings (SSSR count). The maximum absolute atomic E-state index is 13.2. The van der Waals surface area contributed by atoms with Crippen molar-refractivity contribution in [3.8, 4) is 5.75 Å². The van der Waals surface area contributed by atoms with Gasteiger partial charge in [0, 0.05) is 6.04 Å². The molecule has 0 saturated carbocycles. The summed E-state index contributed by atoms with van der Waals surface area (Å²) in [4.78, 5) is 0. The van der Waals surface area contributed by atoms with Gasteiger partial charge in [-0.05, 0) is 31.7 Å². The van der Waals surface area contributed by atoms with E-state index in [0.29, 0.717) is 0 Å². The highest BCUT2D eigenvalue weighted by Crippen LogP contribution is 2.21. The van der Waals surface area contributed by atoms with Gasteiger partial charge in [0.25, 0.3) is 0 Å². The second-order valence-corrected chi connectivity index (χ2v) is 2.90. The van der Waals surface area contributed by atoms with Crippen LogP contribution in [0.5, 0.6) is 5.75 Å². The number of halogens is 2. The van der Waals surface area contributed by atoms with E-state index < -0.39 is 0 Å². The van der Waals surface area contributed by atoms with Crippen molar-refractivity contribution < 1.29 is 9.13 Å². The minimum Gasteiger partial charge on any atom is -0.494 e. The molecule has 1 unspecified atom stereocenters. The van der Waals surface area contributed by atoms with Crippen molar-refractivity contribution in [1.29, 1.82) is 0 Å². The van der Waals surface area contributed by atoms with Gasteiger partial charge in [-0.3, -0.25) is 0 Å². The summed E-state index contributed by atoms with van der Waals surface area (Å²) in [6, 6.07) is 5.13. The van der Waals surface area contributed by atoms with E-state index in [1.54, 1.807) is 6.07 Å². The topological polar surface area (TPSA) is 21.3 Å². The van der Waals surface area contributed by atoms with E-state index in [0.717, 1.165) is 5.56 Å². The number of methoxy groups -OCH3 is 1. The summed E-state index contributed by atoms with van der Waals surface area (Å²) in [5.41, 5.74) is 0.917. The maximum Gasteiger partial charge on any atom is 0.165 e. The lowest BCUT2D eigenvalue weighted by Gasteiger charge is -2.11. The van der Waals surface area contributed by atoms with Crippen LogP contribution in [0.4, 0.5) is 4.39 Å². The predicted molar refractivity (Wildman–Crippen MR) is 57.7 cm³/mol. The fraction of sp³-hybridized carbons (Fsp3) is 0.400. The Morgan fingerprint density at radius 3 is 2.50 bits per heavy atom. The molecule has 80 valence electrons. The monoisotopic (exact) mass is 219 g/mol. The van der Waals surface area contributed by atoms with E-state index in [-0.39, 0.29) is 30.0 Å². The van der Waals surface area contributed by atoms with Gasteiger partial charge in [0.2, 0.25) is 0 Å². The summed E-state index contributed by atoms with van der Waals surface area (Å²) < 4.78 is 18.0. The van der Waals surface area contributed by atoms with Crippen molar-refractivity contribution >= 4 is 12.4 Å². The van der Waals surface area contributed by atoms with Crippen molar-refractivity contribution in [2.24, 2.45) is 0 Å². The standard InChI is InChI=1S/C10H14FNO.ClH/c1-7(12-2)8-4-5-10(13-3)9(11)6-8;/h4-7,12H,1-3H3;1H. The second kappa shape index (κ2) is 5.83. The Morgan fingerprint density at radius 1 is 1.43 bits per heavy atom. The zero-order valence-corrected chi connectivity index (χ0v) is 9.32. The molecule has 0 saturated heterocycles. The predicted octanol–water partition coefficient (Wildman–Crippen LogP) is 2.54. The van der Waals surface area contributed by atoms with Crippen molar-refractivity contribution in [2.75, 3.05) is 14.2 Å². The summed E-state index contributed by atoms with van der Waals surface area (Å²) in [6.45, 7) is 1.97. The molecule has 0 aliphatic carbocycles. The Morgan fingerprint density at radius 2 is 2.07 bits per heavy atom. The SMILES string of the molecule is CNC(C)c1ccc(OC)c(F)c1.Cl. The summed E-state index contributed by atoms with van der Waals surface area (Å²) in [5, 5.41) is 3.04. The van der Waals surface area contributed by atoms with E-state index in [1.807, 2.05) is 20.0 Å². The molecule has 0 amide bonds. The third-order valence-electron chi connectivity index (χ3n) is 2.11. The third kappa shape index (κ3) is 2.86. The molecule has 0 fully saturated rings. The van der Waals surface area contributed by atoms with Gasteiger partial charge in [-0.15, -0.1) is 12.4 Å². The zero-order valence-electron chi connectivity index (χ0n) is 8.50. The van der Waals surface area contributed by atoms with Crippen LogP contribution in [0.15, 0.2) is 18.2 Å². The van der Waals surface area contributed by atoms with Gasteiger partial charge in [0.05, 0.1) is 7.11 Å². The number of nitrogens with one attached hydrogen (secondary N) is 1. The molecular formula is C10H15ClFNO. The first-order valence-electron chi connectivity index (χ1n) is 4.19. The van der Waals surface area contributed by atoms with Gasteiger partial charge >= 0.3 is 0 Å². The Bertz CT molecular complexity index is 293. The third-order valence-corrected chi connectivity index (χ3v) is 2.11. The van der Waals surface area contributed by atoms with Crippen molar-refractivity contribution in [1.82, 2.24) is 5.32 Å². The molecule has 1 atom stereocenters. The van der Waals surface area contributed by atoms with Crippen LogP contribution in [0.3, 0.4) is 0 Å². The molecule has 0 radical (unpaired) electrons. The van der Waals surface area contributed by atoms with Gasteiger partial charge in [-0.2, -0.15) is 0 Å². The van der Waals surface area contributed by atoms with Crippen LogP contribution in [0.1, 0.15) is 18.5 Å². The van der Waals surface area contributed by atoms with Gasteiger partial charge in [-0.25, -0.2) is 4.39 Å².